The summed E-state index contributed by atoms with van der Waals surface area (Å²) < 4.78 is 0. The summed E-state index contributed by atoms with van der Waals surface area (Å²) >= 11 is 0. The molecular weight excluding hydrogens is 242 g/mol. The third kappa shape index (κ3) is 4.42. The SMILES string of the molecule is Nc1cccc(CCC(=O)NCCc2ncn[nH]2)c1. The molecule has 100 valence electrons. The number of hydrogen-bond donors (Lipinski definition) is 3. The van der Waals surface area contributed by atoms with Crippen LogP contribution in [0.1, 0.15) is 17.8 Å². The molecule has 4 N–H and O–H groups in total. The zero-order valence-corrected chi connectivity index (χ0v) is 10.6. The van der Waals surface area contributed by atoms with Crippen LogP contribution in [0, 0.1) is 0 Å². The van der Waals surface area contributed by atoms with Gasteiger partial charge in [0.05, 0.1) is 0 Å². The lowest BCUT2D eigenvalue weighted by molar-refractivity contribution is -0.121. The Balaban J connectivity index is 1.67. The van der Waals surface area contributed by atoms with Crippen molar-refractivity contribution < 1.29 is 4.79 Å². The number of nitrogens with two attached hydrogens (primary N) is 1. The highest BCUT2D eigenvalue weighted by atomic mass is 16.1. The summed E-state index contributed by atoms with van der Waals surface area (Å²) in [7, 11) is 0. The topological polar surface area (TPSA) is 96.7 Å². The normalized spacial score (nSPS) is 10.3. The number of amides is 1. The zero-order valence-electron chi connectivity index (χ0n) is 10.6. The van der Waals surface area contributed by atoms with Crippen molar-refractivity contribution in [1.29, 1.82) is 0 Å². The Morgan fingerprint density at radius 2 is 2.26 bits per heavy atom. The van der Waals surface area contributed by atoms with Crippen molar-refractivity contribution in [3.8, 4) is 0 Å². The summed E-state index contributed by atoms with van der Waals surface area (Å²) in [5.74, 6) is 0.804. The fraction of sp³-hybridized carbons (Fsp3) is 0.308. The second kappa shape index (κ2) is 6.53. The number of aromatic amines is 1. The molecule has 0 aliphatic heterocycles. The third-order valence-corrected chi connectivity index (χ3v) is 2.74. The van der Waals surface area contributed by atoms with Crippen LogP contribution in [0.3, 0.4) is 0 Å². The van der Waals surface area contributed by atoms with Crippen molar-refractivity contribution in [2.45, 2.75) is 19.3 Å². The van der Waals surface area contributed by atoms with Crippen molar-refractivity contribution in [2.75, 3.05) is 12.3 Å². The van der Waals surface area contributed by atoms with Crippen LogP contribution in [0.2, 0.25) is 0 Å². The largest absolute Gasteiger partial charge is 0.399 e. The minimum absolute atomic E-state index is 0.0296. The predicted molar refractivity (Wildman–Crippen MR) is 72.3 cm³/mol. The van der Waals surface area contributed by atoms with Gasteiger partial charge in [-0.3, -0.25) is 9.89 Å². The lowest BCUT2D eigenvalue weighted by Gasteiger charge is -2.04. The Kier molecular flexibility index (Phi) is 4.49. The number of H-pyrrole nitrogens is 1. The molecule has 6 heteroatoms. The van der Waals surface area contributed by atoms with Crippen LogP contribution in [0.5, 0.6) is 0 Å². The Labute approximate surface area is 111 Å². The molecule has 1 aromatic carbocycles. The first-order valence-electron chi connectivity index (χ1n) is 6.19. The molecule has 0 spiro atoms. The van der Waals surface area contributed by atoms with Crippen LogP contribution in [-0.4, -0.2) is 27.6 Å². The molecule has 2 rings (SSSR count). The number of nitrogens with zero attached hydrogens (tertiary/aromatic N) is 2. The van der Waals surface area contributed by atoms with E-state index >= 15 is 0 Å². The maximum absolute atomic E-state index is 11.6. The molecule has 0 saturated carbocycles. The fourth-order valence-electron chi connectivity index (χ4n) is 1.77. The lowest BCUT2D eigenvalue weighted by atomic mass is 10.1. The van der Waals surface area contributed by atoms with Crippen LogP contribution in [0.15, 0.2) is 30.6 Å². The molecule has 0 aliphatic carbocycles. The molecule has 0 radical (unpaired) electrons. The highest BCUT2D eigenvalue weighted by Gasteiger charge is 2.03. The van der Waals surface area contributed by atoms with E-state index in [1.165, 1.54) is 6.33 Å². The molecule has 0 aliphatic rings. The Bertz CT molecular complexity index is 524. The number of carbonyl (C=O) groups excluding carboxylic acids is 1. The second-order valence-corrected chi connectivity index (χ2v) is 4.28. The van der Waals surface area contributed by atoms with Gasteiger partial charge in [0.25, 0.3) is 0 Å². The molecule has 2 aromatic rings. The van der Waals surface area contributed by atoms with Gasteiger partial charge in [0, 0.05) is 25.1 Å². The molecule has 6 nitrogen and oxygen atoms in total. The molecule has 0 saturated heterocycles. The number of nitrogens with one attached hydrogen (secondary N) is 2. The molecule has 0 unspecified atom stereocenters. The van der Waals surface area contributed by atoms with Gasteiger partial charge in [-0.05, 0) is 24.1 Å². The first kappa shape index (κ1) is 13.1. The summed E-state index contributed by atoms with van der Waals surface area (Å²) in [6.45, 7) is 0.560. The molecule has 1 aromatic heterocycles. The van der Waals surface area contributed by atoms with Crippen LogP contribution in [0.4, 0.5) is 5.69 Å². The standard InChI is InChI=1S/C13H17N5O/c14-11-3-1-2-10(8-11)4-5-13(19)15-7-6-12-16-9-17-18-12/h1-3,8-9H,4-7,14H2,(H,15,19)(H,16,17,18). The highest BCUT2D eigenvalue weighted by Crippen LogP contribution is 2.08. The number of carbonyl (C=O) groups is 1. The van der Waals surface area contributed by atoms with E-state index in [0.29, 0.717) is 25.8 Å². The van der Waals surface area contributed by atoms with Crippen molar-refractivity contribution in [1.82, 2.24) is 20.5 Å². The maximum Gasteiger partial charge on any atom is 0.220 e. The minimum atomic E-state index is 0.0296. The van der Waals surface area contributed by atoms with Crippen LogP contribution >= 0.6 is 0 Å². The van der Waals surface area contributed by atoms with Crippen molar-refractivity contribution in [3.63, 3.8) is 0 Å². The molecule has 19 heavy (non-hydrogen) atoms. The van der Waals surface area contributed by atoms with E-state index in [2.05, 4.69) is 20.5 Å². The maximum atomic E-state index is 11.6. The Hall–Kier alpha value is -2.37. The number of rotatable bonds is 6. The van der Waals surface area contributed by atoms with Gasteiger partial charge in [-0.1, -0.05) is 12.1 Å². The van der Waals surface area contributed by atoms with Crippen LogP contribution in [0.25, 0.3) is 0 Å². The van der Waals surface area contributed by atoms with Gasteiger partial charge >= 0.3 is 0 Å². The van der Waals surface area contributed by atoms with Crippen LogP contribution < -0.4 is 11.1 Å². The summed E-state index contributed by atoms with van der Waals surface area (Å²) in [4.78, 5) is 15.6. The van der Waals surface area contributed by atoms with E-state index in [4.69, 9.17) is 5.73 Å². The smallest absolute Gasteiger partial charge is 0.220 e. The molecule has 1 heterocycles. The quantitative estimate of drug-likeness (QED) is 0.664. The Morgan fingerprint density at radius 3 is 3.00 bits per heavy atom. The number of benzene rings is 1. The highest BCUT2D eigenvalue weighted by molar-refractivity contribution is 5.76. The van der Waals surface area contributed by atoms with Gasteiger partial charge in [-0.25, -0.2) is 4.98 Å². The third-order valence-electron chi connectivity index (χ3n) is 2.74. The Morgan fingerprint density at radius 1 is 1.37 bits per heavy atom. The van der Waals surface area contributed by atoms with Gasteiger partial charge in [0.1, 0.15) is 12.2 Å². The lowest BCUT2D eigenvalue weighted by Crippen LogP contribution is -2.26. The van der Waals surface area contributed by atoms with E-state index in [1.54, 1.807) is 0 Å². The van der Waals surface area contributed by atoms with Crippen LogP contribution in [-0.2, 0) is 17.6 Å². The van der Waals surface area contributed by atoms with E-state index in [0.717, 1.165) is 17.1 Å². The first-order valence-corrected chi connectivity index (χ1v) is 6.19. The van der Waals surface area contributed by atoms with Gasteiger partial charge < -0.3 is 11.1 Å². The molecular formula is C13H17N5O. The van der Waals surface area contributed by atoms with Gasteiger partial charge in [-0.15, -0.1) is 0 Å². The summed E-state index contributed by atoms with van der Waals surface area (Å²) in [5, 5.41) is 9.34. The molecule has 0 atom stereocenters. The fourth-order valence-corrected chi connectivity index (χ4v) is 1.77. The predicted octanol–water partition coefficient (Wildman–Crippen LogP) is 0.678. The molecule has 0 fully saturated rings. The van der Waals surface area contributed by atoms with Crippen molar-refractivity contribution >= 4 is 11.6 Å². The van der Waals surface area contributed by atoms with Gasteiger partial charge in [0.15, 0.2) is 0 Å². The van der Waals surface area contributed by atoms with Crippen molar-refractivity contribution in [3.05, 3.63) is 42.0 Å². The van der Waals surface area contributed by atoms with Crippen molar-refractivity contribution in [2.24, 2.45) is 0 Å². The minimum Gasteiger partial charge on any atom is -0.399 e. The van der Waals surface area contributed by atoms with E-state index in [1.807, 2.05) is 24.3 Å². The first-order chi connectivity index (χ1) is 9.24. The number of anilines is 1. The molecule has 0 bridgehead atoms. The average Bonchev–Trinajstić information content (AvgIpc) is 2.90. The number of aromatic nitrogens is 3. The van der Waals surface area contributed by atoms with Gasteiger partial charge in [-0.2, -0.15) is 5.10 Å². The van der Waals surface area contributed by atoms with E-state index in [-0.39, 0.29) is 5.91 Å². The van der Waals surface area contributed by atoms with Gasteiger partial charge in [0.2, 0.25) is 5.91 Å². The number of aryl methyl sites for hydroxylation is 1. The second-order valence-electron chi connectivity index (χ2n) is 4.28. The summed E-state index contributed by atoms with van der Waals surface area (Å²) in [6, 6.07) is 7.59. The summed E-state index contributed by atoms with van der Waals surface area (Å²) in [6.07, 6.45) is 3.26. The number of nitrogen functional groups attached to an aromatic ring is 1. The molecule has 1 amide bonds. The van der Waals surface area contributed by atoms with E-state index in [9.17, 15) is 4.79 Å². The number of hydrogen-bond acceptors (Lipinski definition) is 4. The average molecular weight is 259 g/mol. The summed E-state index contributed by atoms with van der Waals surface area (Å²) in [5.41, 5.74) is 7.48. The van der Waals surface area contributed by atoms with E-state index < -0.39 is 0 Å². The zero-order chi connectivity index (χ0) is 13.5. The monoisotopic (exact) mass is 259 g/mol.